The lowest BCUT2D eigenvalue weighted by molar-refractivity contribution is 0.0722. The molecule has 0 aliphatic rings. The summed E-state index contributed by atoms with van der Waals surface area (Å²) in [4.78, 5) is 18.4. The number of carbonyl (C=O) groups is 1. The molecule has 6 heteroatoms. The molecule has 0 bridgehead atoms. The third kappa shape index (κ3) is 3.71. The van der Waals surface area contributed by atoms with Gasteiger partial charge in [-0.3, -0.25) is 9.89 Å². The second-order valence-corrected chi connectivity index (χ2v) is 5.05. The molecule has 2 N–H and O–H groups in total. The van der Waals surface area contributed by atoms with Crippen molar-refractivity contribution in [2.24, 2.45) is 0 Å². The van der Waals surface area contributed by atoms with Crippen LogP contribution in [0.4, 0.5) is 0 Å². The van der Waals surface area contributed by atoms with E-state index in [1.165, 1.54) is 0 Å². The van der Waals surface area contributed by atoms with Gasteiger partial charge in [0.2, 0.25) is 0 Å². The molecule has 0 radical (unpaired) electrons. The molecule has 1 amide bonds. The molecule has 118 valence electrons. The van der Waals surface area contributed by atoms with Crippen molar-refractivity contribution < 1.29 is 9.90 Å². The number of rotatable bonds is 7. The summed E-state index contributed by atoms with van der Waals surface area (Å²) in [5.74, 6) is 1.41. The number of nitrogens with one attached hydrogen (secondary N) is 1. The molecule has 1 aromatic heterocycles. The highest BCUT2D eigenvalue weighted by Crippen LogP contribution is 2.16. The summed E-state index contributed by atoms with van der Waals surface area (Å²) < 4.78 is 0. The highest BCUT2D eigenvalue weighted by atomic mass is 16.3. The smallest absolute Gasteiger partial charge is 0.253 e. The average molecular weight is 302 g/mol. The standard InChI is InChI=1S/C16H22N4O2/c1-3-9-20(10-11-21)16(22)13-7-5-12(6-8-13)15-17-14(4-2)18-19-15/h5-8,21H,3-4,9-11H2,1-2H3,(H,17,18,19). The minimum Gasteiger partial charge on any atom is -0.395 e. The van der Waals surface area contributed by atoms with Gasteiger partial charge in [0.15, 0.2) is 5.82 Å². The molecular weight excluding hydrogens is 280 g/mol. The first-order chi connectivity index (χ1) is 10.7. The molecule has 0 spiro atoms. The Morgan fingerprint density at radius 2 is 1.95 bits per heavy atom. The summed E-state index contributed by atoms with van der Waals surface area (Å²) in [6.45, 7) is 4.99. The minimum atomic E-state index is -0.0633. The summed E-state index contributed by atoms with van der Waals surface area (Å²) in [6.07, 6.45) is 1.66. The Labute approximate surface area is 130 Å². The Balaban J connectivity index is 2.15. The zero-order valence-electron chi connectivity index (χ0n) is 13.0. The molecule has 0 unspecified atom stereocenters. The van der Waals surface area contributed by atoms with Crippen molar-refractivity contribution in [1.82, 2.24) is 20.1 Å². The number of H-pyrrole nitrogens is 1. The largest absolute Gasteiger partial charge is 0.395 e. The predicted octanol–water partition coefficient (Wildman–Crippen LogP) is 1.88. The molecule has 1 heterocycles. The highest BCUT2D eigenvalue weighted by Gasteiger charge is 2.15. The molecule has 0 aliphatic carbocycles. The maximum absolute atomic E-state index is 12.4. The molecule has 0 saturated heterocycles. The van der Waals surface area contributed by atoms with Crippen molar-refractivity contribution in [2.75, 3.05) is 19.7 Å². The van der Waals surface area contributed by atoms with E-state index in [9.17, 15) is 4.79 Å². The van der Waals surface area contributed by atoms with Gasteiger partial charge in [0.25, 0.3) is 5.91 Å². The number of amides is 1. The lowest BCUT2D eigenvalue weighted by atomic mass is 10.1. The van der Waals surface area contributed by atoms with Crippen LogP contribution in [0.1, 0.15) is 36.5 Å². The normalized spacial score (nSPS) is 10.7. The SMILES string of the molecule is CCCN(CCO)C(=O)c1ccc(-c2n[nH]c(CC)n2)cc1. The summed E-state index contributed by atoms with van der Waals surface area (Å²) in [6, 6.07) is 7.25. The molecule has 0 aliphatic heterocycles. The number of aliphatic hydroxyl groups is 1. The molecule has 0 fully saturated rings. The van der Waals surface area contributed by atoms with E-state index >= 15 is 0 Å². The fourth-order valence-corrected chi connectivity index (χ4v) is 2.23. The van der Waals surface area contributed by atoms with E-state index in [0.717, 1.165) is 24.2 Å². The Hall–Kier alpha value is -2.21. The number of benzene rings is 1. The number of hydrogen-bond acceptors (Lipinski definition) is 4. The van der Waals surface area contributed by atoms with E-state index in [1.54, 1.807) is 17.0 Å². The maximum Gasteiger partial charge on any atom is 0.253 e. The molecule has 0 saturated carbocycles. The third-order valence-corrected chi connectivity index (χ3v) is 3.41. The molecule has 0 atom stereocenters. The average Bonchev–Trinajstić information content (AvgIpc) is 3.03. The van der Waals surface area contributed by atoms with Gasteiger partial charge in [0, 0.05) is 30.6 Å². The molecule has 2 aromatic rings. The lowest BCUT2D eigenvalue weighted by Crippen LogP contribution is -2.34. The topological polar surface area (TPSA) is 82.1 Å². The zero-order chi connectivity index (χ0) is 15.9. The Morgan fingerprint density at radius 1 is 1.23 bits per heavy atom. The van der Waals surface area contributed by atoms with Crippen molar-refractivity contribution in [3.05, 3.63) is 35.7 Å². The van der Waals surface area contributed by atoms with E-state index in [1.807, 2.05) is 26.0 Å². The Morgan fingerprint density at radius 3 is 2.50 bits per heavy atom. The zero-order valence-corrected chi connectivity index (χ0v) is 13.0. The van der Waals surface area contributed by atoms with Crippen molar-refractivity contribution in [1.29, 1.82) is 0 Å². The van der Waals surface area contributed by atoms with Gasteiger partial charge >= 0.3 is 0 Å². The van der Waals surface area contributed by atoms with Gasteiger partial charge in [0.05, 0.1) is 6.61 Å². The van der Waals surface area contributed by atoms with Crippen molar-refractivity contribution >= 4 is 5.91 Å². The van der Waals surface area contributed by atoms with E-state index in [4.69, 9.17) is 5.11 Å². The van der Waals surface area contributed by atoms with Crippen molar-refractivity contribution in [3.8, 4) is 11.4 Å². The van der Waals surface area contributed by atoms with Gasteiger partial charge in [-0.2, -0.15) is 5.10 Å². The van der Waals surface area contributed by atoms with E-state index < -0.39 is 0 Å². The van der Waals surface area contributed by atoms with Gasteiger partial charge in [-0.05, 0) is 18.6 Å². The maximum atomic E-state index is 12.4. The van der Waals surface area contributed by atoms with Crippen LogP contribution in [0.5, 0.6) is 0 Å². The Kier molecular flexibility index (Phi) is 5.66. The van der Waals surface area contributed by atoms with E-state index in [0.29, 0.717) is 24.5 Å². The first-order valence-corrected chi connectivity index (χ1v) is 7.61. The summed E-state index contributed by atoms with van der Waals surface area (Å²) in [7, 11) is 0. The summed E-state index contributed by atoms with van der Waals surface area (Å²) in [5, 5.41) is 16.1. The summed E-state index contributed by atoms with van der Waals surface area (Å²) >= 11 is 0. The van der Waals surface area contributed by atoms with Gasteiger partial charge in [-0.25, -0.2) is 4.98 Å². The Bertz CT molecular complexity index is 601. The van der Waals surface area contributed by atoms with Crippen LogP contribution in [0.15, 0.2) is 24.3 Å². The van der Waals surface area contributed by atoms with Crippen LogP contribution in [-0.2, 0) is 6.42 Å². The van der Waals surface area contributed by atoms with Crippen LogP contribution in [0.25, 0.3) is 11.4 Å². The first kappa shape index (κ1) is 16.2. The number of carbonyl (C=O) groups excluding carboxylic acids is 1. The van der Waals surface area contributed by atoms with Gasteiger partial charge in [-0.15, -0.1) is 0 Å². The minimum absolute atomic E-state index is 0.0270. The van der Waals surface area contributed by atoms with Crippen LogP contribution in [0, 0.1) is 0 Å². The van der Waals surface area contributed by atoms with Crippen LogP contribution in [0.3, 0.4) is 0 Å². The fourth-order valence-electron chi connectivity index (χ4n) is 2.23. The van der Waals surface area contributed by atoms with Crippen LogP contribution >= 0.6 is 0 Å². The number of aromatic nitrogens is 3. The quantitative estimate of drug-likeness (QED) is 0.818. The van der Waals surface area contributed by atoms with E-state index in [-0.39, 0.29) is 12.5 Å². The number of aromatic amines is 1. The second-order valence-electron chi connectivity index (χ2n) is 5.05. The lowest BCUT2D eigenvalue weighted by Gasteiger charge is -2.21. The highest BCUT2D eigenvalue weighted by molar-refractivity contribution is 5.94. The van der Waals surface area contributed by atoms with Gasteiger partial charge in [-0.1, -0.05) is 26.0 Å². The molecule has 2 rings (SSSR count). The first-order valence-electron chi connectivity index (χ1n) is 7.61. The van der Waals surface area contributed by atoms with Crippen LogP contribution in [-0.4, -0.2) is 50.8 Å². The molecule has 1 aromatic carbocycles. The number of aryl methyl sites for hydroxylation is 1. The monoisotopic (exact) mass is 302 g/mol. The predicted molar refractivity (Wildman–Crippen MR) is 84.5 cm³/mol. The molecule has 22 heavy (non-hydrogen) atoms. The van der Waals surface area contributed by atoms with Gasteiger partial charge < -0.3 is 10.0 Å². The fraction of sp³-hybridized carbons (Fsp3) is 0.438. The summed E-state index contributed by atoms with van der Waals surface area (Å²) in [5.41, 5.74) is 1.48. The van der Waals surface area contributed by atoms with Gasteiger partial charge in [0.1, 0.15) is 5.82 Å². The number of nitrogens with zero attached hydrogens (tertiary/aromatic N) is 3. The second kappa shape index (κ2) is 7.70. The van der Waals surface area contributed by atoms with E-state index in [2.05, 4.69) is 15.2 Å². The third-order valence-electron chi connectivity index (χ3n) is 3.41. The van der Waals surface area contributed by atoms with Crippen molar-refractivity contribution in [2.45, 2.75) is 26.7 Å². The van der Waals surface area contributed by atoms with Crippen molar-refractivity contribution in [3.63, 3.8) is 0 Å². The van der Waals surface area contributed by atoms with Crippen LogP contribution < -0.4 is 0 Å². The molecule has 6 nitrogen and oxygen atoms in total. The number of aliphatic hydroxyl groups excluding tert-OH is 1. The molecular formula is C16H22N4O2. The van der Waals surface area contributed by atoms with Crippen LogP contribution in [0.2, 0.25) is 0 Å². The number of hydrogen-bond donors (Lipinski definition) is 2.